The Kier molecular flexibility index (Phi) is 3.55. The Labute approximate surface area is 110 Å². The van der Waals surface area contributed by atoms with Crippen LogP contribution in [-0.4, -0.2) is 23.5 Å². The van der Waals surface area contributed by atoms with Gasteiger partial charge in [-0.15, -0.1) is 0 Å². The monoisotopic (exact) mass is 265 g/mol. The van der Waals surface area contributed by atoms with Crippen LogP contribution in [0.5, 0.6) is 0 Å². The van der Waals surface area contributed by atoms with E-state index in [1.165, 1.54) is 12.1 Å². The minimum absolute atomic E-state index is 0.108. The van der Waals surface area contributed by atoms with Gasteiger partial charge in [-0.1, -0.05) is 19.1 Å². The van der Waals surface area contributed by atoms with Crippen molar-refractivity contribution in [3.05, 3.63) is 35.6 Å². The highest BCUT2D eigenvalue weighted by molar-refractivity contribution is 5.91. The van der Waals surface area contributed by atoms with Gasteiger partial charge in [0.15, 0.2) is 0 Å². The molecule has 0 bridgehead atoms. The average molecular weight is 265 g/mol. The lowest BCUT2D eigenvalue weighted by Gasteiger charge is -2.17. The van der Waals surface area contributed by atoms with Crippen LogP contribution in [0.3, 0.4) is 0 Å². The fraction of sp³-hybridized carbons (Fsp3) is 0.429. The minimum atomic E-state index is -0.938. The molecule has 1 aliphatic rings. The molecule has 0 radical (unpaired) electrons. The Morgan fingerprint density at radius 3 is 2.42 bits per heavy atom. The van der Waals surface area contributed by atoms with Gasteiger partial charge < -0.3 is 10.4 Å². The van der Waals surface area contributed by atoms with Crippen molar-refractivity contribution in [2.45, 2.75) is 25.2 Å². The molecule has 1 amide bonds. The molecule has 1 aliphatic carbocycles. The summed E-state index contributed by atoms with van der Waals surface area (Å²) in [6.07, 6.45) is 1.43. The first-order valence-corrected chi connectivity index (χ1v) is 6.23. The first-order chi connectivity index (χ1) is 8.95. The molecular weight excluding hydrogens is 249 g/mol. The Morgan fingerprint density at radius 1 is 1.37 bits per heavy atom. The predicted molar refractivity (Wildman–Crippen MR) is 67.1 cm³/mol. The fourth-order valence-electron chi connectivity index (χ4n) is 2.04. The van der Waals surface area contributed by atoms with Crippen LogP contribution in [0.15, 0.2) is 24.3 Å². The number of carboxylic acids is 1. The van der Waals surface area contributed by atoms with Gasteiger partial charge in [-0.25, -0.2) is 4.39 Å². The van der Waals surface area contributed by atoms with Crippen molar-refractivity contribution in [1.29, 1.82) is 0 Å². The van der Waals surface area contributed by atoms with E-state index in [1.54, 1.807) is 19.1 Å². The van der Waals surface area contributed by atoms with Crippen molar-refractivity contribution >= 4 is 11.9 Å². The van der Waals surface area contributed by atoms with E-state index in [2.05, 4.69) is 5.32 Å². The molecule has 5 heteroatoms. The molecule has 0 aliphatic heterocycles. The number of amides is 1. The highest BCUT2D eigenvalue weighted by Crippen LogP contribution is 2.48. The van der Waals surface area contributed by atoms with E-state index in [0.717, 1.165) is 5.56 Å². The maximum absolute atomic E-state index is 12.9. The van der Waals surface area contributed by atoms with Gasteiger partial charge in [0, 0.05) is 6.54 Å². The summed E-state index contributed by atoms with van der Waals surface area (Å²) in [5, 5.41) is 11.4. The van der Waals surface area contributed by atoms with Crippen LogP contribution in [0.1, 0.15) is 25.3 Å². The van der Waals surface area contributed by atoms with E-state index >= 15 is 0 Å². The van der Waals surface area contributed by atoms with Crippen molar-refractivity contribution in [3.63, 3.8) is 0 Å². The molecule has 1 atom stereocenters. The maximum atomic E-state index is 12.9. The van der Waals surface area contributed by atoms with Crippen LogP contribution < -0.4 is 5.32 Å². The molecule has 1 saturated carbocycles. The lowest BCUT2D eigenvalue weighted by atomic mass is 9.95. The van der Waals surface area contributed by atoms with Gasteiger partial charge in [0.05, 0.1) is 11.3 Å². The van der Waals surface area contributed by atoms with Gasteiger partial charge in [0.1, 0.15) is 5.82 Å². The molecule has 19 heavy (non-hydrogen) atoms. The number of carboxylic acid groups (broad SMARTS) is 1. The van der Waals surface area contributed by atoms with Crippen LogP contribution in [0.25, 0.3) is 0 Å². The summed E-state index contributed by atoms with van der Waals surface area (Å²) in [6, 6.07) is 5.90. The van der Waals surface area contributed by atoms with Crippen LogP contribution >= 0.6 is 0 Å². The molecule has 1 fully saturated rings. The van der Waals surface area contributed by atoms with Gasteiger partial charge in [-0.3, -0.25) is 9.59 Å². The second kappa shape index (κ2) is 4.99. The minimum Gasteiger partial charge on any atom is -0.481 e. The first-order valence-electron chi connectivity index (χ1n) is 6.23. The second-order valence-corrected chi connectivity index (χ2v) is 5.04. The largest absolute Gasteiger partial charge is 0.481 e. The van der Waals surface area contributed by atoms with Gasteiger partial charge in [-0.05, 0) is 30.5 Å². The summed E-state index contributed by atoms with van der Waals surface area (Å²) < 4.78 is 12.9. The predicted octanol–water partition coefficient (Wildman–Crippen LogP) is 1.69. The number of rotatable bonds is 5. The molecule has 2 rings (SSSR count). The third kappa shape index (κ3) is 2.75. The molecule has 0 heterocycles. The number of carbonyl (C=O) groups is 2. The van der Waals surface area contributed by atoms with E-state index in [9.17, 15) is 14.0 Å². The summed E-state index contributed by atoms with van der Waals surface area (Å²) >= 11 is 0. The number of hydrogen-bond donors (Lipinski definition) is 2. The summed E-state index contributed by atoms with van der Waals surface area (Å²) in [7, 11) is 0. The number of hydrogen-bond acceptors (Lipinski definition) is 2. The summed E-state index contributed by atoms with van der Waals surface area (Å²) in [5.41, 5.74) is 0.195. The van der Waals surface area contributed by atoms with Crippen molar-refractivity contribution in [2.75, 3.05) is 6.54 Å². The molecule has 4 nitrogen and oxygen atoms in total. The van der Waals surface area contributed by atoms with E-state index < -0.39 is 17.3 Å². The topological polar surface area (TPSA) is 66.4 Å². The zero-order valence-corrected chi connectivity index (χ0v) is 10.6. The van der Waals surface area contributed by atoms with Crippen LogP contribution in [-0.2, 0) is 15.0 Å². The maximum Gasteiger partial charge on any atom is 0.308 e. The van der Waals surface area contributed by atoms with Crippen LogP contribution in [0.2, 0.25) is 0 Å². The highest BCUT2D eigenvalue weighted by atomic mass is 19.1. The third-order valence-corrected chi connectivity index (χ3v) is 3.57. The molecule has 102 valence electrons. The second-order valence-electron chi connectivity index (χ2n) is 5.04. The Balaban J connectivity index is 2.02. The van der Waals surface area contributed by atoms with Gasteiger partial charge in [0.25, 0.3) is 0 Å². The number of halogens is 1. The lowest BCUT2D eigenvalue weighted by Crippen LogP contribution is -2.38. The normalized spacial score (nSPS) is 17.6. The molecule has 0 spiro atoms. The van der Waals surface area contributed by atoms with E-state index in [4.69, 9.17) is 5.11 Å². The molecule has 0 saturated heterocycles. The van der Waals surface area contributed by atoms with E-state index in [0.29, 0.717) is 12.8 Å². The van der Waals surface area contributed by atoms with Crippen LogP contribution in [0, 0.1) is 11.7 Å². The van der Waals surface area contributed by atoms with Crippen LogP contribution in [0.4, 0.5) is 4.39 Å². The molecular formula is C14H16FNO3. The highest BCUT2D eigenvalue weighted by Gasteiger charge is 2.51. The number of aliphatic carboxylic acids is 1. The Bertz CT molecular complexity index is 494. The molecule has 0 unspecified atom stereocenters. The standard InChI is InChI=1S/C14H16FNO3/c1-9(12(17)18)8-16-13(19)14(6-7-14)10-2-4-11(15)5-3-10/h2-5,9H,6-8H2,1H3,(H,16,19)(H,17,18)/t9-/m1/s1. The molecule has 1 aromatic rings. The number of nitrogens with one attached hydrogen (secondary N) is 1. The number of benzene rings is 1. The van der Waals surface area contributed by atoms with Crippen molar-refractivity contribution in [3.8, 4) is 0 Å². The third-order valence-electron chi connectivity index (χ3n) is 3.57. The fourth-order valence-corrected chi connectivity index (χ4v) is 2.04. The quantitative estimate of drug-likeness (QED) is 0.851. The average Bonchev–Trinajstić information content (AvgIpc) is 3.17. The molecule has 0 aromatic heterocycles. The SMILES string of the molecule is C[C@H](CNC(=O)C1(c2ccc(F)cc2)CC1)C(=O)O. The summed E-state index contributed by atoms with van der Waals surface area (Å²) in [4.78, 5) is 22.8. The lowest BCUT2D eigenvalue weighted by molar-refractivity contribution is -0.141. The van der Waals surface area contributed by atoms with Gasteiger partial charge in [0.2, 0.25) is 5.91 Å². The smallest absolute Gasteiger partial charge is 0.308 e. The van der Waals surface area contributed by atoms with Crippen molar-refractivity contribution in [1.82, 2.24) is 5.32 Å². The summed E-state index contributed by atoms with van der Waals surface area (Å²) in [6.45, 7) is 1.65. The zero-order valence-electron chi connectivity index (χ0n) is 10.6. The van der Waals surface area contributed by atoms with Crippen molar-refractivity contribution in [2.24, 2.45) is 5.92 Å². The van der Waals surface area contributed by atoms with E-state index in [1.807, 2.05) is 0 Å². The first kappa shape index (κ1) is 13.5. The zero-order chi connectivity index (χ0) is 14.0. The van der Waals surface area contributed by atoms with Crippen molar-refractivity contribution < 1.29 is 19.1 Å². The van der Waals surface area contributed by atoms with Gasteiger partial charge >= 0.3 is 5.97 Å². The molecule has 1 aromatic carbocycles. The number of carbonyl (C=O) groups excluding carboxylic acids is 1. The summed E-state index contributed by atoms with van der Waals surface area (Å²) in [5.74, 6) is -2.06. The Morgan fingerprint density at radius 2 is 1.95 bits per heavy atom. The van der Waals surface area contributed by atoms with Gasteiger partial charge in [-0.2, -0.15) is 0 Å². The van der Waals surface area contributed by atoms with E-state index in [-0.39, 0.29) is 18.3 Å². The Hall–Kier alpha value is -1.91. The molecule has 2 N–H and O–H groups in total.